The smallest absolute Gasteiger partial charge is 0.348 e. The van der Waals surface area contributed by atoms with Crippen LogP contribution in [0.3, 0.4) is 0 Å². The number of carbonyl (C=O) groups excluding carboxylic acids is 1. The van der Waals surface area contributed by atoms with Crippen LogP contribution in [0.4, 0.5) is 5.69 Å². The maximum atomic E-state index is 13.5. The molecule has 0 aromatic carbocycles. The normalized spacial score (nSPS) is 24.3. The maximum Gasteiger partial charge on any atom is 0.348 e. The van der Waals surface area contributed by atoms with E-state index in [1.54, 1.807) is 4.90 Å². The molecule has 0 saturated heterocycles. The summed E-state index contributed by atoms with van der Waals surface area (Å²) in [6.45, 7) is 4.42. The molecule has 1 aromatic rings. The Bertz CT molecular complexity index is 794. The van der Waals surface area contributed by atoms with Gasteiger partial charge in [0.25, 0.3) is 0 Å². The van der Waals surface area contributed by atoms with E-state index in [4.69, 9.17) is 0 Å². The number of anilines is 1. The van der Waals surface area contributed by atoms with E-state index < -0.39 is 5.97 Å². The van der Waals surface area contributed by atoms with Crippen molar-refractivity contribution in [1.82, 2.24) is 0 Å². The molecule has 1 heterocycles. The molecule has 2 atom stereocenters. The number of carboxylic acids is 1. The first-order valence-corrected chi connectivity index (χ1v) is 13.3. The van der Waals surface area contributed by atoms with Crippen LogP contribution in [-0.4, -0.2) is 34.2 Å². The Morgan fingerprint density at radius 2 is 1.94 bits per heavy atom. The molecule has 0 radical (unpaired) electrons. The van der Waals surface area contributed by atoms with Gasteiger partial charge >= 0.3 is 5.97 Å². The van der Waals surface area contributed by atoms with Crippen molar-refractivity contribution in [2.24, 2.45) is 5.92 Å². The average molecular weight is 462 g/mol. The highest BCUT2D eigenvalue weighted by Crippen LogP contribution is 2.41. The lowest BCUT2D eigenvalue weighted by Crippen LogP contribution is -2.43. The number of aliphatic hydroxyl groups excluding tert-OH is 1. The number of carbonyl (C=O) groups is 2. The molecule has 1 aromatic heterocycles. The predicted octanol–water partition coefficient (Wildman–Crippen LogP) is 6.51. The first-order chi connectivity index (χ1) is 15.4. The Hall–Kier alpha value is -1.66. The molecular formula is C26H39NO4S. The van der Waals surface area contributed by atoms with Crippen molar-refractivity contribution < 1.29 is 19.8 Å². The zero-order valence-corrected chi connectivity index (χ0v) is 20.4. The van der Waals surface area contributed by atoms with Crippen molar-refractivity contribution in [1.29, 1.82) is 0 Å². The highest BCUT2D eigenvalue weighted by Gasteiger charge is 2.33. The Kier molecular flexibility index (Phi) is 9.35. The number of aliphatic hydroxyl groups is 1. The summed E-state index contributed by atoms with van der Waals surface area (Å²) in [5.41, 5.74) is 0.574. The SMILES string of the molecule is CCCC(C)CCCC(=O)N(c1cc(C2C=CCCC2)sc1C(=O)O)C1CCC(O)CC1. The van der Waals surface area contributed by atoms with Gasteiger partial charge in [0.15, 0.2) is 0 Å². The molecule has 5 nitrogen and oxygen atoms in total. The van der Waals surface area contributed by atoms with Crippen molar-refractivity contribution in [3.63, 3.8) is 0 Å². The van der Waals surface area contributed by atoms with E-state index in [0.29, 0.717) is 43.7 Å². The third kappa shape index (κ3) is 6.44. The lowest BCUT2D eigenvalue weighted by molar-refractivity contribution is -0.119. The molecule has 2 N–H and O–H groups in total. The topological polar surface area (TPSA) is 77.8 Å². The first kappa shape index (κ1) is 25.0. The molecule has 178 valence electrons. The zero-order chi connectivity index (χ0) is 23.1. The summed E-state index contributed by atoms with van der Waals surface area (Å²) in [6.07, 6.45) is 14.6. The van der Waals surface area contributed by atoms with E-state index >= 15 is 0 Å². The molecule has 1 saturated carbocycles. The minimum absolute atomic E-state index is 0.0288. The maximum absolute atomic E-state index is 13.5. The third-order valence-corrected chi connectivity index (χ3v) is 8.22. The summed E-state index contributed by atoms with van der Waals surface area (Å²) in [5, 5.41) is 20.0. The molecule has 2 aliphatic rings. The summed E-state index contributed by atoms with van der Waals surface area (Å²) >= 11 is 1.33. The summed E-state index contributed by atoms with van der Waals surface area (Å²) < 4.78 is 0. The number of thiophene rings is 1. The van der Waals surface area contributed by atoms with Crippen molar-refractivity contribution in [3.8, 4) is 0 Å². The fourth-order valence-electron chi connectivity index (χ4n) is 5.17. The van der Waals surface area contributed by atoms with Gasteiger partial charge in [-0.2, -0.15) is 0 Å². The molecular weight excluding hydrogens is 422 g/mol. The molecule has 1 amide bonds. The van der Waals surface area contributed by atoms with Crippen LogP contribution < -0.4 is 4.90 Å². The van der Waals surface area contributed by atoms with Gasteiger partial charge in [0.1, 0.15) is 4.88 Å². The van der Waals surface area contributed by atoms with Crippen molar-refractivity contribution in [2.45, 2.75) is 109 Å². The van der Waals surface area contributed by atoms with Crippen LogP contribution in [0, 0.1) is 5.92 Å². The van der Waals surface area contributed by atoms with Gasteiger partial charge < -0.3 is 15.1 Å². The van der Waals surface area contributed by atoms with Crippen molar-refractivity contribution in [3.05, 3.63) is 28.0 Å². The number of amides is 1. The number of hydrogen-bond acceptors (Lipinski definition) is 4. The second-order valence-corrected chi connectivity index (χ2v) is 10.7. The Morgan fingerprint density at radius 1 is 1.19 bits per heavy atom. The Labute approximate surface area is 196 Å². The molecule has 0 bridgehead atoms. The van der Waals surface area contributed by atoms with Crippen molar-refractivity contribution >= 4 is 28.9 Å². The van der Waals surface area contributed by atoms with Crippen LogP contribution in [0.5, 0.6) is 0 Å². The van der Waals surface area contributed by atoms with Gasteiger partial charge in [0.05, 0.1) is 11.8 Å². The highest BCUT2D eigenvalue weighted by molar-refractivity contribution is 7.14. The fourth-order valence-corrected chi connectivity index (χ4v) is 6.28. The quantitative estimate of drug-likeness (QED) is 0.389. The summed E-state index contributed by atoms with van der Waals surface area (Å²) in [6, 6.07) is 1.93. The minimum Gasteiger partial charge on any atom is -0.477 e. The molecule has 0 aliphatic heterocycles. The molecule has 32 heavy (non-hydrogen) atoms. The second kappa shape index (κ2) is 12.0. The van der Waals surface area contributed by atoms with E-state index in [2.05, 4.69) is 26.0 Å². The second-order valence-electron chi connectivity index (χ2n) is 9.65. The van der Waals surface area contributed by atoms with Crippen LogP contribution in [0.25, 0.3) is 0 Å². The van der Waals surface area contributed by atoms with Gasteiger partial charge in [0, 0.05) is 23.3 Å². The highest BCUT2D eigenvalue weighted by atomic mass is 32.1. The van der Waals surface area contributed by atoms with Gasteiger partial charge in [-0.25, -0.2) is 4.79 Å². The lowest BCUT2D eigenvalue weighted by atomic mass is 9.90. The van der Waals surface area contributed by atoms with E-state index in [1.807, 2.05) is 6.07 Å². The molecule has 0 spiro atoms. The Balaban J connectivity index is 1.85. The van der Waals surface area contributed by atoms with Crippen molar-refractivity contribution in [2.75, 3.05) is 4.90 Å². The zero-order valence-electron chi connectivity index (χ0n) is 19.6. The van der Waals surface area contributed by atoms with E-state index in [-0.39, 0.29) is 28.8 Å². The van der Waals surface area contributed by atoms with Crippen LogP contribution >= 0.6 is 11.3 Å². The average Bonchev–Trinajstić information content (AvgIpc) is 3.21. The monoisotopic (exact) mass is 461 g/mol. The Morgan fingerprint density at radius 3 is 2.56 bits per heavy atom. The van der Waals surface area contributed by atoms with Gasteiger partial charge in [-0.15, -0.1) is 11.3 Å². The van der Waals surface area contributed by atoms with Gasteiger partial charge in [-0.1, -0.05) is 45.3 Å². The fraction of sp³-hybridized carbons (Fsp3) is 0.692. The van der Waals surface area contributed by atoms with E-state index in [1.165, 1.54) is 17.8 Å². The number of hydrogen-bond donors (Lipinski definition) is 2. The van der Waals surface area contributed by atoms with Crippen LogP contribution in [0.2, 0.25) is 0 Å². The first-order valence-electron chi connectivity index (χ1n) is 12.4. The van der Waals surface area contributed by atoms with Crippen LogP contribution in [0.15, 0.2) is 18.2 Å². The third-order valence-electron chi connectivity index (χ3n) is 6.97. The standard InChI is InChI=1S/C26H39NO4S/c1-3-8-18(2)9-7-12-24(29)27(20-13-15-21(28)16-14-20)22-17-23(32-25(22)26(30)31)19-10-5-4-6-11-19/h5,10,17-21,28H,3-4,6-9,11-16H2,1-2H3,(H,30,31). The van der Waals surface area contributed by atoms with Gasteiger partial charge in [-0.3, -0.25) is 4.79 Å². The summed E-state index contributed by atoms with van der Waals surface area (Å²) in [4.78, 5) is 28.8. The van der Waals surface area contributed by atoms with Gasteiger partial charge in [0.2, 0.25) is 5.91 Å². The number of allylic oxidation sites excluding steroid dienone is 2. The van der Waals surface area contributed by atoms with E-state index in [9.17, 15) is 19.8 Å². The molecule has 3 rings (SSSR count). The summed E-state index contributed by atoms with van der Waals surface area (Å²) in [5.74, 6) is -0.0884. The van der Waals surface area contributed by atoms with Gasteiger partial charge in [-0.05, 0) is 63.4 Å². The molecule has 2 aliphatic carbocycles. The molecule has 6 heteroatoms. The summed E-state index contributed by atoms with van der Waals surface area (Å²) in [7, 11) is 0. The number of carboxylic acid groups (broad SMARTS) is 1. The largest absolute Gasteiger partial charge is 0.477 e. The predicted molar refractivity (Wildman–Crippen MR) is 131 cm³/mol. The number of nitrogens with zero attached hydrogens (tertiary/aromatic N) is 1. The van der Waals surface area contributed by atoms with Crippen LogP contribution in [0.1, 0.15) is 111 Å². The molecule has 2 unspecified atom stereocenters. The minimum atomic E-state index is -0.957. The number of aromatic carboxylic acids is 1. The number of rotatable bonds is 10. The van der Waals surface area contributed by atoms with Crippen LogP contribution in [-0.2, 0) is 4.79 Å². The lowest BCUT2D eigenvalue weighted by Gasteiger charge is -2.36. The molecule has 1 fully saturated rings. The van der Waals surface area contributed by atoms with E-state index in [0.717, 1.165) is 43.4 Å².